The number of thiophene rings is 2. The molecule has 2 N–H and O–H groups in total. The van der Waals surface area contributed by atoms with Crippen molar-refractivity contribution in [2.75, 3.05) is 19.6 Å². The van der Waals surface area contributed by atoms with E-state index in [9.17, 15) is 13.2 Å². The van der Waals surface area contributed by atoms with Crippen LogP contribution in [-0.4, -0.2) is 38.9 Å². The molecule has 0 aliphatic heterocycles. The highest BCUT2D eigenvalue weighted by Gasteiger charge is 2.21. The zero-order chi connectivity index (χ0) is 22.3. The van der Waals surface area contributed by atoms with Gasteiger partial charge < -0.3 is 5.32 Å². The van der Waals surface area contributed by atoms with Crippen molar-refractivity contribution in [1.29, 1.82) is 0 Å². The van der Waals surface area contributed by atoms with Crippen LogP contribution >= 0.6 is 22.7 Å². The molecule has 6 nitrogen and oxygen atoms in total. The van der Waals surface area contributed by atoms with Gasteiger partial charge in [0.1, 0.15) is 0 Å². The Labute approximate surface area is 192 Å². The first kappa shape index (κ1) is 23.6. The Morgan fingerprint density at radius 2 is 1.90 bits per heavy atom. The fourth-order valence-corrected chi connectivity index (χ4v) is 5.84. The lowest BCUT2D eigenvalue weighted by molar-refractivity contribution is 0.0935. The highest BCUT2D eigenvalue weighted by Crippen LogP contribution is 2.22. The van der Waals surface area contributed by atoms with Gasteiger partial charge in [-0.3, -0.25) is 9.69 Å². The summed E-state index contributed by atoms with van der Waals surface area (Å²) in [7, 11) is -3.71. The molecule has 1 aromatic carbocycles. The summed E-state index contributed by atoms with van der Waals surface area (Å²) in [6, 6.07) is 12.0. The Hall–Kier alpha value is -2.04. The van der Waals surface area contributed by atoms with E-state index >= 15 is 0 Å². The molecule has 0 aliphatic rings. The third kappa shape index (κ3) is 6.24. The van der Waals surface area contributed by atoms with Crippen molar-refractivity contribution in [2.24, 2.45) is 0 Å². The molecule has 1 unspecified atom stereocenters. The van der Waals surface area contributed by atoms with Crippen LogP contribution in [0, 0.1) is 0 Å². The first-order valence-corrected chi connectivity index (χ1v) is 13.4. The maximum atomic E-state index is 12.8. The molecular formula is C22H27N3O3S3. The Morgan fingerprint density at radius 1 is 1.10 bits per heavy atom. The van der Waals surface area contributed by atoms with E-state index in [1.165, 1.54) is 29.0 Å². The first-order valence-electron chi connectivity index (χ1n) is 10.1. The Balaban J connectivity index is 1.69. The number of amides is 1. The van der Waals surface area contributed by atoms with Crippen molar-refractivity contribution in [3.05, 3.63) is 74.6 Å². The van der Waals surface area contributed by atoms with E-state index in [4.69, 9.17) is 0 Å². The van der Waals surface area contributed by atoms with Crippen molar-refractivity contribution in [2.45, 2.75) is 31.3 Å². The van der Waals surface area contributed by atoms with Gasteiger partial charge in [-0.1, -0.05) is 26.0 Å². The largest absolute Gasteiger partial charge is 0.350 e. The molecule has 0 spiro atoms. The fraction of sp³-hybridized carbons (Fsp3) is 0.318. The van der Waals surface area contributed by atoms with Gasteiger partial charge in [-0.05, 0) is 65.1 Å². The molecule has 31 heavy (non-hydrogen) atoms. The molecule has 166 valence electrons. The molecule has 0 fully saturated rings. The molecule has 2 aromatic heterocycles. The van der Waals surface area contributed by atoms with Crippen molar-refractivity contribution in [3.63, 3.8) is 0 Å². The van der Waals surface area contributed by atoms with E-state index in [2.05, 4.69) is 40.2 Å². The van der Waals surface area contributed by atoms with Gasteiger partial charge in [0.05, 0.1) is 10.9 Å². The van der Waals surface area contributed by atoms with Crippen LogP contribution in [0.3, 0.4) is 0 Å². The second-order valence-electron chi connectivity index (χ2n) is 6.94. The normalized spacial score (nSPS) is 12.7. The van der Waals surface area contributed by atoms with E-state index in [0.717, 1.165) is 18.0 Å². The van der Waals surface area contributed by atoms with Crippen LogP contribution in [0.1, 0.15) is 40.7 Å². The summed E-state index contributed by atoms with van der Waals surface area (Å²) < 4.78 is 27.9. The molecule has 0 aliphatic carbocycles. The lowest BCUT2D eigenvalue weighted by atomic mass is 10.1. The molecule has 1 atom stereocenters. The SMILES string of the molecule is CCN(CC)C(CNC(=O)c1cccc(S(=O)(=O)NCc2cccs2)c1)c1ccsc1. The van der Waals surface area contributed by atoms with Gasteiger partial charge in [0.2, 0.25) is 10.0 Å². The summed E-state index contributed by atoms with van der Waals surface area (Å²) in [6.45, 7) is 6.62. The highest BCUT2D eigenvalue weighted by molar-refractivity contribution is 7.89. The Morgan fingerprint density at radius 3 is 2.55 bits per heavy atom. The van der Waals surface area contributed by atoms with E-state index in [1.807, 2.05) is 22.9 Å². The standard InChI is InChI=1S/C22H27N3O3S3/c1-3-25(4-2)21(18-10-12-29-16-18)15-23-22(26)17-7-5-9-20(13-17)31(27,28)24-14-19-8-6-11-30-19/h5-13,16,21,24H,3-4,14-15H2,1-2H3,(H,23,26). The Bertz CT molecular complexity index is 1060. The number of nitrogens with one attached hydrogen (secondary N) is 2. The summed E-state index contributed by atoms with van der Waals surface area (Å²) in [4.78, 5) is 16.1. The molecule has 2 heterocycles. The predicted molar refractivity (Wildman–Crippen MR) is 127 cm³/mol. The molecule has 0 radical (unpaired) electrons. The quantitative estimate of drug-likeness (QED) is 0.436. The minimum atomic E-state index is -3.71. The first-order chi connectivity index (χ1) is 14.9. The maximum Gasteiger partial charge on any atom is 0.251 e. The van der Waals surface area contributed by atoms with Crippen LogP contribution in [0.25, 0.3) is 0 Å². The zero-order valence-electron chi connectivity index (χ0n) is 17.6. The van der Waals surface area contributed by atoms with Crippen molar-refractivity contribution in [3.8, 4) is 0 Å². The van der Waals surface area contributed by atoms with Crippen molar-refractivity contribution >= 4 is 38.6 Å². The van der Waals surface area contributed by atoms with Gasteiger partial charge in [-0.15, -0.1) is 11.3 Å². The lowest BCUT2D eigenvalue weighted by Gasteiger charge is -2.29. The van der Waals surface area contributed by atoms with E-state index in [-0.39, 0.29) is 23.4 Å². The minimum Gasteiger partial charge on any atom is -0.350 e. The molecule has 1 amide bonds. The van der Waals surface area contributed by atoms with Gasteiger partial charge in [0.15, 0.2) is 0 Å². The number of nitrogens with zero attached hydrogens (tertiary/aromatic N) is 1. The van der Waals surface area contributed by atoms with E-state index in [0.29, 0.717) is 12.1 Å². The van der Waals surface area contributed by atoms with Crippen LogP contribution in [-0.2, 0) is 16.6 Å². The average Bonchev–Trinajstić information content (AvgIpc) is 3.49. The summed E-state index contributed by atoms with van der Waals surface area (Å²) in [5.74, 6) is -0.289. The van der Waals surface area contributed by atoms with Gasteiger partial charge in [-0.2, -0.15) is 11.3 Å². The highest BCUT2D eigenvalue weighted by atomic mass is 32.2. The number of benzene rings is 1. The summed E-state index contributed by atoms with van der Waals surface area (Å²) in [5, 5.41) is 9.01. The van der Waals surface area contributed by atoms with Crippen LogP contribution in [0.15, 0.2) is 63.5 Å². The smallest absolute Gasteiger partial charge is 0.251 e. The Kier molecular flexibility index (Phi) is 8.39. The molecule has 0 saturated carbocycles. The number of rotatable bonds is 11. The molecule has 0 bridgehead atoms. The molecule has 9 heteroatoms. The van der Waals surface area contributed by atoms with Gasteiger partial charge in [0.25, 0.3) is 5.91 Å². The van der Waals surface area contributed by atoms with Crippen LogP contribution < -0.4 is 10.0 Å². The zero-order valence-corrected chi connectivity index (χ0v) is 20.0. The minimum absolute atomic E-state index is 0.0737. The third-order valence-electron chi connectivity index (χ3n) is 5.06. The summed E-state index contributed by atoms with van der Waals surface area (Å²) in [6.07, 6.45) is 0. The molecule has 3 aromatic rings. The van der Waals surface area contributed by atoms with Crippen molar-refractivity contribution < 1.29 is 13.2 Å². The van der Waals surface area contributed by atoms with Crippen LogP contribution in [0.4, 0.5) is 0 Å². The molecule has 3 rings (SSSR count). The fourth-order valence-electron chi connectivity index (χ4n) is 3.35. The number of sulfonamides is 1. The van der Waals surface area contributed by atoms with Gasteiger partial charge in [0, 0.05) is 23.5 Å². The monoisotopic (exact) mass is 477 g/mol. The second kappa shape index (κ2) is 11.0. The molecule has 0 saturated heterocycles. The maximum absolute atomic E-state index is 12.8. The average molecular weight is 478 g/mol. The number of hydrogen-bond acceptors (Lipinski definition) is 6. The number of hydrogen-bond donors (Lipinski definition) is 2. The van der Waals surface area contributed by atoms with Crippen molar-refractivity contribution in [1.82, 2.24) is 14.9 Å². The second-order valence-corrected chi connectivity index (χ2v) is 10.5. The summed E-state index contributed by atoms with van der Waals surface area (Å²) in [5.41, 5.74) is 1.49. The van der Waals surface area contributed by atoms with Gasteiger partial charge in [-0.25, -0.2) is 13.1 Å². The van der Waals surface area contributed by atoms with E-state index < -0.39 is 10.0 Å². The van der Waals surface area contributed by atoms with Gasteiger partial charge >= 0.3 is 0 Å². The summed E-state index contributed by atoms with van der Waals surface area (Å²) >= 11 is 3.12. The van der Waals surface area contributed by atoms with Crippen LogP contribution in [0.2, 0.25) is 0 Å². The third-order valence-corrected chi connectivity index (χ3v) is 8.04. The number of carbonyl (C=O) groups excluding carboxylic acids is 1. The number of likely N-dealkylation sites (N-methyl/N-ethyl adjacent to an activating group) is 1. The van der Waals surface area contributed by atoms with Crippen LogP contribution in [0.5, 0.6) is 0 Å². The van der Waals surface area contributed by atoms with E-state index in [1.54, 1.807) is 23.5 Å². The number of carbonyl (C=O) groups is 1. The lowest BCUT2D eigenvalue weighted by Crippen LogP contribution is -2.38. The molecular weight excluding hydrogens is 450 g/mol. The topological polar surface area (TPSA) is 78.5 Å². The predicted octanol–water partition coefficient (Wildman–Crippen LogP) is 4.10.